The van der Waals surface area contributed by atoms with Gasteiger partial charge < -0.3 is 19.1 Å². The molecule has 4 rings (SSSR count). The number of para-hydroxylation sites is 1. The highest BCUT2D eigenvalue weighted by molar-refractivity contribution is 5.69. The van der Waals surface area contributed by atoms with Crippen molar-refractivity contribution in [2.45, 2.75) is 44.4 Å². The van der Waals surface area contributed by atoms with Crippen molar-refractivity contribution in [2.24, 2.45) is 0 Å². The zero-order chi connectivity index (χ0) is 20.9. The number of pyridine rings is 1. The number of benzene rings is 2. The van der Waals surface area contributed by atoms with E-state index in [2.05, 4.69) is 0 Å². The molecule has 30 heavy (non-hydrogen) atoms. The summed E-state index contributed by atoms with van der Waals surface area (Å²) in [5, 5.41) is 10.3. The van der Waals surface area contributed by atoms with E-state index in [0.717, 1.165) is 53.9 Å². The zero-order valence-corrected chi connectivity index (χ0v) is 17.2. The predicted molar refractivity (Wildman–Crippen MR) is 117 cm³/mol. The minimum atomic E-state index is -0.456. The summed E-state index contributed by atoms with van der Waals surface area (Å²) in [6, 6.07) is 18.9. The molecule has 156 valence electrons. The second-order valence-electron chi connectivity index (χ2n) is 7.71. The summed E-state index contributed by atoms with van der Waals surface area (Å²) >= 11 is 0. The van der Waals surface area contributed by atoms with Crippen LogP contribution < -0.4 is 15.0 Å². The Bertz CT molecular complexity index is 1040. The molecule has 2 atom stereocenters. The number of aliphatic hydroxyl groups is 1. The van der Waals surface area contributed by atoms with Crippen LogP contribution in [0.3, 0.4) is 0 Å². The molecule has 1 heterocycles. The second-order valence-corrected chi connectivity index (χ2v) is 7.71. The minimum Gasteiger partial charge on any atom is -0.497 e. The Morgan fingerprint density at radius 3 is 2.53 bits per heavy atom. The Balaban J connectivity index is 1.55. The summed E-state index contributed by atoms with van der Waals surface area (Å²) in [6.45, 7) is 0.423. The van der Waals surface area contributed by atoms with Crippen molar-refractivity contribution < 1.29 is 14.6 Å². The third-order valence-electron chi connectivity index (χ3n) is 5.75. The number of nitrogens with zero attached hydrogens (tertiary/aromatic N) is 1. The van der Waals surface area contributed by atoms with Crippen molar-refractivity contribution in [3.05, 3.63) is 82.8 Å². The van der Waals surface area contributed by atoms with Crippen molar-refractivity contribution in [3.8, 4) is 22.6 Å². The molecule has 1 aromatic heterocycles. The van der Waals surface area contributed by atoms with Gasteiger partial charge in [0.2, 0.25) is 0 Å². The molecule has 0 unspecified atom stereocenters. The van der Waals surface area contributed by atoms with Gasteiger partial charge in [-0.1, -0.05) is 43.2 Å². The highest BCUT2D eigenvalue weighted by Crippen LogP contribution is 2.31. The lowest BCUT2D eigenvalue weighted by molar-refractivity contribution is 0.0738. The lowest BCUT2D eigenvalue weighted by Gasteiger charge is -2.29. The Morgan fingerprint density at radius 2 is 1.80 bits per heavy atom. The lowest BCUT2D eigenvalue weighted by atomic mass is 9.92. The molecule has 5 nitrogen and oxygen atoms in total. The molecule has 1 aliphatic rings. The molecule has 1 aliphatic carbocycles. The Kier molecular flexibility index (Phi) is 6.19. The SMILES string of the molecule is COc1ccc(COc2ccccc2-c2ccn([C@H]3CCCC[C@@H]3O)c(=O)c2)cc1. The van der Waals surface area contributed by atoms with E-state index in [-0.39, 0.29) is 11.6 Å². The van der Waals surface area contributed by atoms with Crippen molar-refractivity contribution in [2.75, 3.05) is 7.11 Å². The standard InChI is InChI=1S/C25H27NO4/c1-29-20-12-10-18(11-13-20)17-30-24-9-5-2-6-21(24)19-14-15-26(25(28)16-19)22-7-3-4-8-23(22)27/h2,5-6,9-16,22-23,27H,3-4,7-8,17H2,1H3/t22-,23-/m0/s1. The van der Waals surface area contributed by atoms with Gasteiger partial charge in [-0.3, -0.25) is 4.79 Å². The van der Waals surface area contributed by atoms with Crippen LogP contribution in [0.15, 0.2) is 71.7 Å². The maximum absolute atomic E-state index is 12.8. The summed E-state index contributed by atoms with van der Waals surface area (Å²) < 4.78 is 12.9. The highest BCUT2D eigenvalue weighted by Gasteiger charge is 2.25. The average Bonchev–Trinajstić information content (AvgIpc) is 2.79. The van der Waals surface area contributed by atoms with Crippen LogP contribution in [0, 0.1) is 0 Å². The average molecular weight is 405 g/mol. The molecule has 0 spiro atoms. The van der Waals surface area contributed by atoms with Gasteiger partial charge >= 0.3 is 0 Å². The first-order valence-corrected chi connectivity index (χ1v) is 10.4. The molecule has 0 radical (unpaired) electrons. The summed E-state index contributed by atoms with van der Waals surface area (Å²) in [5.41, 5.74) is 2.63. The molecule has 5 heteroatoms. The zero-order valence-electron chi connectivity index (χ0n) is 17.2. The van der Waals surface area contributed by atoms with Gasteiger partial charge in [0.25, 0.3) is 5.56 Å². The Labute approximate surface area is 176 Å². The summed E-state index contributed by atoms with van der Waals surface area (Å²) in [5.74, 6) is 1.53. The quantitative estimate of drug-likeness (QED) is 0.652. The lowest BCUT2D eigenvalue weighted by Crippen LogP contribution is -2.34. The van der Waals surface area contributed by atoms with Crippen LogP contribution in [0.1, 0.15) is 37.3 Å². The van der Waals surface area contributed by atoms with Gasteiger partial charge in [0.15, 0.2) is 0 Å². The largest absolute Gasteiger partial charge is 0.497 e. The third kappa shape index (κ3) is 4.41. The van der Waals surface area contributed by atoms with Gasteiger partial charge in [-0.05, 0) is 48.2 Å². The topological polar surface area (TPSA) is 60.7 Å². The number of rotatable bonds is 6. The van der Waals surface area contributed by atoms with E-state index in [1.807, 2.05) is 54.6 Å². The van der Waals surface area contributed by atoms with Crippen molar-refractivity contribution in [1.29, 1.82) is 0 Å². The third-order valence-corrected chi connectivity index (χ3v) is 5.75. The van der Waals surface area contributed by atoms with Gasteiger partial charge in [0, 0.05) is 17.8 Å². The first-order chi connectivity index (χ1) is 14.7. The molecule has 0 amide bonds. The monoisotopic (exact) mass is 405 g/mol. The molecule has 2 aromatic carbocycles. The molecular formula is C25H27NO4. The second kappa shape index (κ2) is 9.18. The highest BCUT2D eigenvalue weighted by atomic mass is 16.5. The first-order valence-electron chi connectivity index (χ1n) is 10.4. The molecular weight excluding hydrogens is 378 g/mol. The van der Waals surface area contributed by atoms with Crippen LogP contribution in [-0.2, 0) is 6.61 Å². The fraction of sp³-hybridized carbons (Fsp3) is 0.320. The van der Waals surface area contributed by atoms with E-state index in [9.17, 15) is 9.90 Å². The van der Waals surface area contributed by atoms with E-state index in [4.69, 9.17) is 9.47 Å². The van der Waals surface area contributed by atoms with Crippen molar-refractivity contribution in [1.82, 2.24) is 4.57 Å². The number of aromatic nitrogens is 1. The summed E-state index contributed by atoms with van der Waals surface area (Å²) in [4.78, 5) is 12.8. The smallest absolute Gasteiger partial charge is 0.251 e. The normalized spacial score (nSPS) is 18.7. The molecule has 1 N–H and O–H groups in total. The fourth-order valence-electron chi connectivity index (χ4n) is 4.06. The summed E-state index contributed by atoms with van der Waals surface area (Å²) in [6.07, 6.45) is 4.99. The van der Waals surface area contributed by atoms with E-state index >= 15 is 0 Å². The van der Waals surface area contributed by atoms with Crippen LogP contribution in [0.25, 0.3) is 11.1 Å². The number of ether oxygens (including phenoxy) is 2. The van der Waals surface area contributed by atoms with Gasteiger partial charge in [-0.2, -0.15) is 0 Å². The molecule has 1 saturated carbocycles. The van der Waals surface area contributed by atoms with Crippen molar-refractivity contribution in [3.63, 3.8) is 0 Å². The molecule has 3 aromatic rings. The molecule has 0 bridgehead atoms. The van der Waals surface area contributed by atoms with Crippen LogP contribution in [0.2, 0.25) is 0 Å². The number of hydrogen-bond acceptors (Lipinski definition) is 4. The van der Waals surface area contributed by atoms with Crippen LogP contribution in [0.4, 0.5) is 0 Å². The van der Waals surface area contributed by atoms with E-state index in [1.54, 1.807) is 23.9 Å². The van der Waals surface area contributed by atoms with Crippen LogP contribution in [-0.4, -0.2) is 22.9 Å². The number of methoxy groups -OCH3 is 1. The number of aliphatic hydroxyl groups excluding tert-OH is 1. The van der Waals surface area contributed by atoms with Crippen LogP contribution in [0.5, 0.6) is 11.5 Å². The van der Waals surface area contributed by atoms with Gasteiger partial charge in [-0.25, -0.2) is 0 Å². The van der Waals surface area contributed by atoms with Crippen molar-refractivity contribution >= 4 is 0 Å². The molecule has 0 aliphatic heterocycles. The predicted octanol–water partition coefficient (Wildman–Crippen LogP) is 4.58. The van der Waals surface area contributed by atoms with Crippen LogP contribution >= 0.6 is 0 Å². The first kappa shape index (κ1) is 20.2. The summed E-state index contributed by atoms with van der Waals surface area (Å²) in [7, 11) is 1.64. The number of hydrogen-bond donors (Lipinski definition) is 1. The van der Waals surface area contributed by atoms with E-state index in [1.165, 1.54) is 0 Å². The van der Waals surface area contributed by atoms with Gasteiger partial charge in [-0.15, -0.1) is 0 Å². The molecule has 0 saturated heterocycles. The maximum atomic E-state index is 12.8. The van der Waals surface area contributed by atoms with E-state index < -0.39 is 6.10 Å². The maximum Gasteiger partial charge on any atom is 0.251 e. The molecule has 1 fully saturated rings. The van der Waals surface area contributed by atoms with E-state index in [0.29, 0.717) is 6.61 Å². The van der Waals surface area contributed by atoms with Gasteiger partial charge in [0.05, 0.1) is 19.3 Å². The minimum absolute atomic E-state index is 0.0941. The Hall–Kier alpha value is -3.05. The fourth-order valence-corrected chi connectivity index (χ4v) is 4.06. The Morgan fingerprint density at radius 1 is 1.03 bits per heavy atom. The van der Waals surface area contributed by atoms with Gasteiger partial charge in [0.1, 0.15) is 18.1 Å².